The van der Waals surface area contributed by atoms with Crippen molar-refractivity contribution in [3.63, 3.8) is 0 Å². The molecule has 1 aromatic carbocycles. The fourth-order valence-electron chi connectivity index (χ4n) is 2.74. The fourth-order valence-corrected chi connectivity index (χ4v) is 2.74. The molecule has 1 fully saturated rings. The van der Waals surface area contributed by atoms with Crippen LogP contribution in [0.25, 0.3) is 0 Å². The smallest absolute Gasteiger partial charge is 0.257 e. The summed E-state index contributed by atoms with van der Waals surface area (Å²) in [7, 11) is 0. The Labute approximate surface area is 151 Å². The van der Waals surface area contributed by atoms with Crippen LogP contribution in [0.3, 0.4) is 0 Å². The maximum atomic E-state index is 13.7. The van der Waals surface area contributed by atoms with E-state index in [0.29, 0.717) is 26.3 Å². The van der Waals surface area contributed by atoms with Gasteiger partial charge in [0.15, 0.2) is 0 Å². The zero-order valence-corrected chi connectivity index (χ0v) is 15.1. The minimum atomic E-state index is -0.960. The lowest BCUT2D eigenvalue weighted by Crippen LogP contribution is -2.51. The summed E-state index contributed by atoms with van der Waals surface area (Å²) in [5, 5.41) is 5.21. The molecule has 8 heteroatoms. The first kappa shape index (κ1) is 20.3. The molecule has 0 saturated carbocycles. The highest BCUT2D eigenvalue weighted by Crippen LogP contribution is 2.13. The van der Waals surface area contributed by atoms with Crippen molar-refractivity contribution in [3.05, 3.63) is 35.4 Å². The number of nitrogens with one attached hydrogen (secondary N) is 2. The first-order chi connectivity index (χ1) is 12.4. The number of halogens is 2. The van der Waals surface area contributed by atoms with E-state index < -0.39 is 29.1 Å². The SMILES string of the molecule is CC(C)C(NC(=O)c1c(F)cccc1F)C(=O)NCCN1CCOCC1. The summed E-state index contributed by atoms with van der Waals surface area (Å²) in [6.45, 7) is 7.58. The number of morpholine rings is 1. The molecule has 1 aliphatic rings. The van der Waals surface area contributed by atoms with Crippen molar-refractivity contribution in [2.24, 2.45) is 5.92 Å². The number of hydrogen-bond donors (Lipinski definition) is 2. The van der Waals surface area contributed by atoms with Gasteiger partial charge in [-0.05, 0) is 18.1 Å². The molecular weight excluding hydrogens is 344 g/mol. The highest BCUT2D eigenvalue weighted by atomic mass is 19.1. The van der Waals surface area contributed by atoms with Crippen molar-refractivity contribution < 1.29 is 23.1 Å². The van der Waals surface area contributed by atoms with Crippen LogP contribution >= 0.6 is 0 Å². The average Bonchev–Trinajstić information content (AvgIpc) is 2.60. The van der Waals surface area contributed by atoms with Gasteiger partial charge in [0, 0.05) is 26.2 Å². The van der Waals surface area contributed by atoms with Gasteiger partial charge in [-0.3, -0.25) is 14.5 Å². The van der Waals surface area contributed by atoms with Crippen LogP contribution in [0.2, 0.25) is 0 Å². The minimum absolute atomic E-state index is 0.239. The summed E-state index contributed by atoms with van der Waals surface area (Å²) < 4.78 is 32.8. The molecular formula is C18H25F2N3O3. The van der Waals surface area contributed by atoms with E-state index >= 15 is 0 Å². The van der Waals surface area contributed by atoms with E-state index in [2.05, 4.69) is 15.5 Å². The third-order valence-electron chi connectivity index (χ3n) is 4.26. The molecule has 0 aliphatic carbocycles. The Bertz CT molecular complexity index is 614. The molecule has 2 N–H and O–H groups in total. The first-order valence-electron chi connectivity index (χ1n) is 8.73. The monoisotopic (exact) mass is 369 g/mol. The molecule has 144 valence electrons. The predicted molar refractivity (Wildman–Crippen MR) is 92.7 cm³/mol. The zero-order valence-electron chi connectivity index (χ0n) is 15.1. The zero-order chi connectivity index (χ0) is 19.1. The van der Waals surface area contributed by atoms with Crippen LogP contribution in [0, 0.1) is 17.6 Å². The highest BCUT2D eigenvalue weighted by Gasteiger charge is 2.27. The minimum Gasteiger partial charge on any atom is -0.379 e. The number of nitrogens with zero attached hydrogens (tertiary/aromatic N) is 1. The van der Waals surface area contributed by atoms with Crippen molar-refractivity contribution >= 4 is 11.8 Å². The van der Waals surface area contributed by atoms with Crippen LogP contribution in [0.4, 0.5) is 8.78 Å². The van der Waals surface area contributed by atoms with Gasteiger partial charge in [-0.25, -0.2) is 8.78 Å². The fraction of sp³-hybridized carbons (Fsp3) is 0.556. The van der Waals surface area contributed by atoms with Crippen molar-refractivity contribution in [1.82, 2.24) is 15.5 Å². The number of carbonyl (C=O) groups is 2. The summed E-state index contributed by atoms with van der Waals surface area (Å²) in [6.07, 6.45) is 0. The molecule has 1 heterocycles. The lowest BCUT2D eigenvalue weighted by molar-refractivity contribution is -0.124. The molecule has 1 unspecified atom stereocenters. The van der Waals surface area contributed by atoms with E-state index in [9.17, 15) is 18.4 Å². The van der Waals surface area contributed by atoms with Crippen molar-refractivity contribution in [2.45, 2.75) is 19.9 Å². The number of hydrogen-bond acceptors (Lipinski definition) is 4. The molecule has 0 aromatic heterocycles. The highest BCUT2D eigenvalue weighted by molar-refractivity contribution is 5.98. The van der Waals surface area contributed by atoms with Crippen LogP contribution in [-0.4, -0.2) is 62.1 Å². The third-order valence-corrected chi connectivity index (χ3v) is 4.26. The molecule has 1 atom stereocenters. The number of rotatable bonds is 7. The van der Waals surface area contributed by atoms with Crippen LogP contribution in [0.1, 0.15) is 24.2 Å². The summed E-state index contributed by atoms with van der Waals surface area (Å²) in [6, 6.07) is 2.31. The van der Waals surface area contributed by atoms with Gasteiger partial charge in [-0.1, -0.05) is 19.9 Å². The molecule has 0 spiro atoms. The second kappa shape index (κ2) is 9.59. The van der Waals surface area contributed by atoms with Gasteiger partial charge in [-0.2, -0.15) is 0 Å². The Balaban J connectivity index is 1.92. The molecule has 1 saturated heterocycles. The topological polar surface area (TPSA) is 70.7 Å². The predicted octanol–water partition coefficient (Wildman–Crippen LogP) is 1.17. The van der Waals surface area contributed by atoms with Gasteiger partial charge >= 0.3 is 0 Å². The number of ether oxygens (including phenoxy) is 1. The summed E-state index contributed by atoms with van der Waals surface area (Å²) >= 11 is 0. The van der Waals surface area contributed by atoms with Gasteiger partial charge in [0.1, 0.15) is 23.2 Å². The van der Waals surface area contributed by atoms with Crippen LogP contribution in [0.15, 0.2) is 18.2 Å². The van der Waals surface area contributed by atoms with E-state index in [1.165, 1.54) is 6.07 Å². The van der Waals surface area contributed by atoms with Crippen molar-refractivity contribution in [1.29, 1.82) is 0 Å². The van der Waals surface area contributed by atoms with E-state index in [4.69, 9.17) is 4.74 Å². The maximum Gasteiger partial charge on any atom is 0.257 e. The second-order valence-corrected chi connectivity index (χ2v) is 6.54. The Morgan fingerprint density at radius 2 is 1.81 bits per heavy atom. The van der Waals surface area contributed by atoms with Gasteiger partial charge in [0.25, 0.3) is 5.91 Å². The molecule has 2 amide bonds. The second-order valence-electron chi connectivity index (χ2n) is 6.54. The Morgan fingerprint density at radius 3 is 2.38 bits per heavy atom. The van der Waals surface area contributed by atoms with E-state index in [1.807, 2.05) is 0 Å². The van der Waals surface area contributed by atoms with Crippen LogP contribution in [-0.2, 0) is 9.53 Å². The van der Waals surface area contributed by atoms with E-state index in [-0.39, 0.29) is 11.8 Å². The van der Waals surface area contributed by atoms with Gasteiger partial charge < -0.3 is 15.4 Å². The van der Waals surface area contributed by atoms with E-state index in [1.54, 1.807) is 13.8 Å². The Hall–Kier alpha value is -2.06. The first-order valence-corrected chi connectivity index (χ1v) is 8.73. The van der Waals surface area contributed by atoms with Gasteiger partial charge in [-0.15, -0.1) is 0 Å². The van der Waals surface area contributed by atoms with Gasteiger partial charge in [0.05, 0.1) is 13.2 Å². The van der Waals surface area contributed by atoms with E-state index in [0.717, 1.165) is 25.2 Å². The van der Waals surface area contributed by atoms with Crippen molar-refractivity contribution in [3.8, 4) is 0 Å². The molecule has 2 rings (SSSR count). The molecule has 1 aliphatic heterocycles. The molecule has 0 radical (unpaired) electrons. The molecule has 26 heavy (non-hydrogen) atoms. The number of carbonyl (C=O) groups excluding carboxylic acids is 2. The lowest BCUT2D eigenvalue weighted by Gasteiger charge is -2.27. The number of benzene rings is 1. The van der Waals surface area contributed by atoms with Crippen molar-refractivity contribution in [2.75, 3.05) is 39.4 Å². The average molecular weight is 369 g/mol. The Kier molecular flexibility index (Phi) is 7.47. The third kappa shape index (κ3) is 5.47. The summed E-state index contributed by atoms with van der Waals surface area (Å²) in [5.41, 5.74) is -0.681. The lowest BCUT2D eigenvalue weighted by atomic mass is 10.0. The maximum absolute atomic E-state index is 13.7. The quantitative estimate of drug-likeness (QED) is 0.757. The molecule has 6 nitrogen and oxygen atoms in total. The molecule has 0 bridgehead atoms. The number of amides is 2. The molecule has 1 aromatic rings. The van der Waals surface area contributed by atoms with Crippen LogP contribution < -0.4 is 10.6 Å². The summed E-state index contributed by atoms with van der Waals surface area (Å²) in [5.74, 6) is -3.48. The normalized spacial score (nSPS) is 16.3. The van der Waals surface area contributed by atoms with Gasteiger partial charge in [0.2, 0.25) is 5.91 Å². The standard InChI is InChI=1S/C18H25F2N3O3/c1-12(2)16(18(25)21-6-7-23-8-10-26-11-9-23)22-17(24)15-13(19)4-3-5-14(15)20/h3-5,12,16H,6-11H2,1-2H3,(H,21,25)(H,22,24). The summed E-state index contributed by atoms with van der Waals surface area (Å²) in [4.78, 5) is 26.8. The largest absolute Gasteiger partial charge is 0.379 e. The Morgan fingerprint density at radius 1 is 1.19 bits per heavy atom. The van der Waals surface area contributed by atoms with Crippen LogP contribution in [0.5, 0.6) is 0 Å².